The van der Waals surface area contributed by atoms with Gasteiger partial charge in [0.05, 0.1) is 16.6 Å². The van der Waals surface area contributed by atoms with E-state index in [0.29, 0.717) is 11.3 Å². The van der Waals surface area contributed by atoms with Gasteiger partial charge in [0.2, 0.25) is 0 Å². The number of halogens is 1. The number of aromatic nitrogens is 2. The largest absolute Gasteiger partial charge is 0.452 e. The molecule has 4 rings (SSSR count). The number of amides is 1. The number of esters is 1. The monoisotopic (exact) mass is 511 g/mol. The molecular weight excluding hydrogens is 493 g/mol. The second kappa shape index (κ2) is 8.66. The fraction of sp³-hybridized carbons (Fsp3) is 0.0870. The van der Waals surface area contributed by atoms with E-state index in [-0.39, 0.29) is 6.61 Å². The summed E-state index contributed by atoms with van der Waals surface area (Å²) < 4.78 is 6.22. The molecule has 0 fully saturated rings. The number of nitrogens with zero attached hydrogens (tertiary/aromatic N) is 1. The Labute approximate surface area is 186 Å². The Hall–Kier alpha value is -3.20. The Balaban J connectivity index is 1.42. The van der Waals surface area contributed by atoms with E-state index in [1.807, 2.05) is 43.3 Å². The molecule has 0 spiro atoms. The van der Waals surface area contributed by atoms with Crippen molar-refractivity contribution < 1.29 is 14.3 Å². The summed E-state index contributed by atoms with van der Waals surface area (Å²) in [5.74, 6) is -0.234. The summed E-state index contributed by atoms with van der Waals surface area (Å²) in [5.41, 5.74) is 4.61. The van der Waals surface area contributed by atoms with Crippen LogP contribution >= 0.6 is 22.6 Å². The number of nitrogens with one attached hydrogen (secondary N) is 2. The zero-order chi connectivity index (χ0) is 21.1. The number of hydrogen-bond acceptors (Lipinski definition) is 4. The van der Waals surface area contributed by atoms with Gasteiger partial charge < -0.3 is 15.0 Å². The van der Waals surface area contributed by atoms with Gasteiger partial charge in [0.1, 0.15) is 5.82 Å². The molecule has 0 bridgehead atoms. The summed E-state index contributed by atoms with van der Waals surface area (Å²) in [4.78, 5) is 32.2. The Morgan fingerprint density at radius 3 is 2.50 bits per heavy atom. The molecule has 1 aromatic heterocycles. The Morgan fingerprint density at radius 1 is 1.03 bits per heavy atom. The minimum Gasteiger partial charge on any atom is -0.452 e. The van der Waals surface area contributed by atoms with Crippen LogP contribution in [0.1, 0.15) is 15.9 Å². The fourth-order valence-corrected chi connectivity index (χ4v) is 3.29. The molecule has 0 radical (unpaired) electrons. The molecule has 0 atom stereocenters. The summed E-state index contributed by atoms with van der Waals surface area (Å²) in [6.45, 7) is 1.67. The van der Waals surface area contributed by atoms with Crippen LogP contribution in [0.25, 0.3) is 22.4 Å². The number of aryl methyl sites for hydroxylation is 1. The maximum absolute atomic E-state index is 12.4. The molecule has 0 saturated carbocycles. The minimum atomic E-state index is -0.568. The van der Waals surface area contributed by atoms with E-state index in [1.165, 1.54) is 5.56 Å². The highest BCUT2D eigenvalue weighted by Crippen LogP contribution is 2.22. The number of hydrogen-bond donors (Lipinski definition) is 2. The highest BCUT2D eigenvalue weighted by Gasteiger charge is 2.13. The van der Waals surface area contributed by atoms with Gasteiger partial charge in [-0.15, -0.1) is 0 Å². The van der Waals surface area contributed by atoms with Crippen molar-refractivity contribution in [2.75, 3.05) is 11.9 Å². The third-order valence-corrected chi connectivity index (χ3v) is 5.22. The van der Waals surface area contributed by atoms with Crippen molar-refractivity contribution in [1.29, 1.82) is 0 Å². The quantitative estimate of drug-likeness (QED) is 0.294. The van der Waals surface area contributed by atoms with E-state index in [2.05, 4.69) is 37.9 Å². The van der Waals surface area contributed by atoms with Gasteiger partial charge in [0, 0.05) is 14.8 Å². The molecule has 0 aliphatic heterocycles. The van der Waals surface area contributed by atoms with Gasteiger partial charge in [-0.05, 0) is 72.0 Å². The molecule has 1 heterocycles. The van der Waals surface area contributed by atoms with Crippen molar-refractivity contribution in [3.63, 3.8) is 0 Å². The average molecular weight is 511 g/mol. The fourth-order valence-electron chi connectivity index (χ4n) is 2.93. The zero-order valence-corrected chi connectivity index (χ0v) is 18.3. The number of carbonyl (C=O) groups is 2. The Morgan fingerprint density at radius 2 is 1.77 bits per heavy atom. The predicted molar refractivity (Wildman–Crippen MR) is 124 cm³/mol. The summed E-state index contributed by atoms with van der Waals surface area (Å²) in [7, 11) is 0. The van der Waals surface area contributed by atoms with E-state index in [4.69, 9.17) is 4.74 Å². The van der Waals surface area contributed by atoms with Gasteiger partial charge in [-0.25, -0.2) is 9.78 Å². The second-order valence-corrected chi connectivity index (χ2v) is 8.06. The van der Waals surface area contributed by atoms with Crippen molar-refractivity contribution in [3.05, 3.63) is 81.4 Å². The number of H-pyrrole nitrogens is 1. The lowest BCUT2D eigenvalue weighted by Crippen LogP contribution is -2.20. The van der Waals surface area contributed by atoms with Crippen LogP contribution in [0.4, 0.5) is 5.69 Å². The Kier molecular flexibility index (Phi) is 5.80. The number of rotatable bonds is 5. The van der Waals surface area contributed by atoms with E-state index in [9.17, 15) is 9.59 Å². The van der Waals surface area contributed by atoms with Crippen LogP contribution in [-0.4, -0.2) is 28.5 Å². The van der Waals surface area contributed by atoms with Crippen LogP contribution in [0.3, 0.4) is 0 Å². The number of aromatic amines is 1. The van der Waals surface area contributed by atoms with E-state index in [0.717, 1.165) is 26.0 Å². The highest BCUT2D eigenvalue weighted by atomic mass is 127. The standard InChI is InChI=1S/C23H18IN3O3/c1-14-2-4-15(5-3-14)22-26-19-11-6-16(12-20(19)27-22)23(29)30-13-21(28)25-18-9-7-17(24)8-10-18/h2-12H,13H2,1H3,(H,25,28)(H,26,27). The third-order valence-electron chi connectivity index (χ3n) is 4.50. The number of anilines is 1. The first-order chi connectivity index (χ1) is 14.5. The predicted octanol–water partition coefficient (Wildman–Crippen LogP) is 4.94. The first-order valence-electron chi connectivity index (χ1n) is 9.27. The SMILES string of the molecule is Cc1ccc(-c2nc3ccc(C(=O)OCC(=O)Nc4ccc(I)cc4)cc3[nH]2)cc1. The summed E-state index contributed by atoms with van der Waals surface area (Å²) in [6.07, 6.45) is 0. The van der Waals surface area contributed by atoms with Gasteiger partial charge in [0.25, 0.3) is 5.91 Å². The lowest BCUT2D eigenvalue weighted by atomic mass is 10.1. The van der Waals surface area contributed by atoms with Crippen molar-refractivity contribution in [3.8, 4) is 11.4 Å². The first-order valence-corrected chi connectivity index (χ1v) is 10.4. The van der Waals surface area contributed by atoms with Gasteiger partial charge in [-0.3, -0.25) is 4.79 Å². The molecule has 150 valence electrons. The first kappa shape index (κ1) is 20.1. The van der Waals surface area contributed by atoms with E-state index in [1.54, 1.807) is 30.3 Å². The maximum Gasteiger partial charge on any atom is 0.338 e. The van der Waals surface area contributed by atoms with Crippen LogP contribution in [0, 0.1) is 10.5 Å². The lowest BCUT2D eigenvalue weighted by Gasteiger charge is -2.07. The summed E-state index contributed by atoms with van der Waals surface area (Å²) in [6, 6.07) is 20.5. The average Bonchev–Trinajstić information content (AvgIpc) is 3.17. The van der Waals surface area contributed by atoms with Gasteiger partial charge in [-0.1, -0.05) is 29.8 Å². The molecular formula is C23H18IN3O3. The third kappa shape index (κ3) is 4.68. The molecule has 6 nitrogen and oxygen atoms in total. The van der Waals surface area contributed by atoms with Gasteiger partial charge in [-0.2, -0.15) is 0 Å². The van der Waals surface area contributed by atoms with Crippen LogP contribution < -0.4 is 5.32 Å². The van der Waals surface area contributed by atoms with Crippen molar-refractivity contribution in [2.24, 2.45) is 0 Å². The van der Waals surface area contributed by atoms with E-state index < -0.39 is 11.9 Å². The minimum absolute atomic E-state index is 0.351. The van der Waals surface area contributed by atoms with Gasteiger partial charge in [0.15, 0.2) is 6.61 Å². The van der Waals surface area contributed by atoms with Crippen LogP contribution in [0.2, 0.25) is 0 Å². The van der Waals surface area contributed by atoms with Crippen LogP contribution in [0.15, 0.2) is 66.7 Å². The number of fused-ring (bicyclic) bond motifs is 1. The molecule has 0 saturated heterocycles. The summed E-state index contributed by atoms with van der Waals surface area (Å²) >= 11 is 2.18. The topological polar surface area (TPSA) is 84.1 Å². The Bertz CT molecular complexity index is 1210. The number of imidazole rings is 1. The maximum atomic E-state index is 12.4. The molecule has 2 N–H and O–H groups in total. The lowest BCUT2D eigenvalue weighted by molar-refractivity contribution is -0.119. The molecule has 0 aliphatic rings. The molecule has 0 aliphatic carbocycles. The van der Waals surface area contributed by atoms with Gasteiger partial charge >= 0.3 is 5.97 Å². The van der Waals surface area contributed by atoms with Crippen molar-refractivity contribution in [1.82, 2.24) is 9.97 Å². The zero-order valence-electron chi connectivity index (χ0n) is 16.1. The molecule has 1 amide bonds. The molecule has 0 unspecified atom stereocenters. The summed E-state index contributed by atoms with van der Waals surface area (Å²) in [5, 5.41) is 2.70. The van der Waals surface area contributed by atoms with Crippen molar-refractivity contribution in [2.45, 2.75) is 6.92 Å². The normalized spacial score (nSPS) is 10.7. The molecule has 30 heavy (non-hydrogen) atoms. The molecule has 3 aromatic carbocycles. The smallest absolute Gasteiger partial charge is 0.338 e. The number of ether oxygens (including phenoxy) is 1. The highest BCUT2D eigenvalue weighted by molar-refractivity contribution is 14.1. The van der Waals surface area contributed by atoms with Crippen LogP contribution in [-0.2, 0) is 9.53 Å². The van der Waals surface area contributed by atoms with Crippen molar-refractivity contribution >= 4 is 51.2 Å². The molecule has 4 aromatic rings. The number of carbonyl (C=O) groups excluding carboxylic acids is 2. The molecule has 7 heteroatoms. The number of benzene rings is 3. The second-order valence-electron chi connectivity index (χ2n) is 6.81. The van der Waals surface area contributed by atoms with E-state index >= 15 is 0 Å². The van der Waals surface area contributed by atoms with Crippen LogP contribution in [0.5, 0.6) is 0 Å².